The number of hydrogen-bond acceptors (Lipinski definition) is 0. The van der Waals surface area contributed by atoms with E-state index in [0.717, 1.165) is 6.42 Å². The van der Waals surface area contributed by atoms with Crippen molar-refractivity contribution >= 4 is 23.1 Å². The molecular formula is C4H10Mg. The molecule has 0 N–H and O–H groups in total. The van der Waals surface area contributed by atoms with Crippen molar-refractivity contribution in [2.45, 2.75) is 19.8 Å². The minimum atomic E-state index is 0. The van der Waals surface area contributed by atoms with Gasteiger partial charge in [0.2, 0.25) is 0 Å². The van der Waals surface area contributed by atoms with Crippen LogP contribution in [0.15, 0.2) is 0 Å². The maximum Gasteiger partial charge on any atom is 2.00 e. The SMILES string of the molecule is [CH2-]CCC.[H-].[Mg+2]. The van der Waals surface area contributed by atoms with Crippen LogP contribution in [0, 0.1) is 6.92 Å². The molecule has 0 rings (SSSR count). The van der Waals surface area contributed by atoms with Crippen molar-refractivity contribution in [1.29, 1.82) is 0 Å². The van der Waals surface area contributed by atoms with Crippen molar-refractivity contribution in [3.05, 3.63) is 6.92 Å². The zero-order valence-corrected chi connectivity index (χ0v) is 5.24. The molecule has 0 aliphatic carbocycles. The Labute approximate surface area is 51.6 Å². The van der Waals surface area contributed by atoms with Gasteiger partial charge in [-0.05, 0) is 0 Å². The fraction of sp³-hybridized carbons (Fsp3) is 0.750. The predicted octanol–water partition coefficient (Wildman–Crippen LogP) is 1.35. The maximum absolute atomic E-state index is 3.60. The van der Waals surface area contributed by atoms with Gasteiger partial charge in [-0.2, -0.15) is 6.42 Å². The zero-order valence-electron chi connectivity index (χ0n) is 4.83. The Balaban J connectivity index is -0.0000000450. The van der Waals surface area contributed by atoms with Crippen molar-refractivity contribution in [3.63, 3.8) is 0 Å². The monoisotopic (exact) mass is 82.1 g/mol. The van der Waals surface area contributed by atoms with Gasteiger partial charge in [0.15, 0.2) is 0 Å². The second-order valence-electron chi connectivity index (χ2n) is 0.854. The number of rotatable bonds is 1. The third-order valence-corrected chi connectivity index (χ3v) is 0.354. The van der Waals surface area contributed by atoms with Gasteiger partial charge >= 0.3 is 23.1 Å². The van der Waals surface area contributed by atoms with E-state index in [2.05, 4.69) is 13.8 Å². The van der Waals surface area contributed by atoms with E-state index in [9.17, 15) is 0 Å². The molecule has 0 nitrogen and oxygen atoms in total. The van der Waals surface area contributed by atoms with Gasteiger partial charge < -0.3 is 8.35 Å². The van der Waals surface area contributed by atoms with Crippen LogP contribution in [0.1, 0.15) is 21.2 Å². The van der Waals surface area contributed by atoms with Crippen LogP contribution < -0.4 is 0 Å². The molecule has 0 aromatic rings. The van der Waals surface area contributed by atoms with E-state index in [4.69, 9.17) is 0 Å². The number of unbranched alkanes of at least 4 members (excludes halogenated alkanes) is 1. The first-order valence-electron chi connectivity index (χ1n) is 1.71. The molecule has 0 fully saturated rings. The first-order valence-corrected chi connectivity index (χ1v) is 1.71. The van der Waals surface area contributed by atoms with Crippen LogP contribution in [0.3, 0.4) is 0 Å². The predicted molar refractivity (Wildman–Crippen MR) is 27.1 cm³/mol. The van der Waals surface area contributed by atoms with Gasteiger partial charge in [-0.25, -0.2) is 0 Å². The average molecular weight is 82.4 g/mol. The molecule has 28 valence electrons. The number of hydrogen-bond donors (Lipinski definition) is 0. The van der Waals surface area contributed by atoms with Crippen molar-refractivity contribution in [2.24, 2.45) is 0 Å². The summed E-state index contributed by atoms with van der Waals surface area (Å²) in [7, 11) is 0. The Morgan fingerprint density at radius 2 is 2.00 bits per heavy atom. The Morgan fingerprint density at radius 3 is 2.00 bits per heavy atom. The summed E-state index contributed by atoms with van der Waals surface area (Å²) in [6, 6.07) is 0. The van der Waals surface area contributed by atoms with Gasteiger partial charge in [0.1, 0.15) is 0 Å². The van der Waals surface area contributed by atoms with E-state index < -0.39 is 0 Å². The molecule has 0 bridgehead atoms. The normalized spacial score (nSPS) is 6.00. The van der Waals surface area contributed by atoms with E-state index in [1.165, 1.54) is 6.42 Å². The first-order chi connectivity index (χ1) is 1.91. The van der Waals surface area contributed by atoms with E-state index in [0.29, 0.717) is 0 Å². The molecule has 1 heteroatoms. The first kappa shape index (κ1) is 9.23. The molecule has 0 aliphatic heterocycles. The molecule has 0 amide bonds. The van der Waals surface area contributed by atoms with Crippen LogP contribution in [-0.2, 0) is 0 Å². The van der Waals surface area contributed by atoms with E-state index >= 15 is 0 Å². The molecule has 0 aliphatic rings. The average Bonchev–Trinajstić information content (AvgIpc) is 1.37. The minimum absolute atomic E-state index is 0. The summed E-state index contributed by atoms with van der Waals surface area (Å²) >= 11 is 0. The van der Waals surface area contributed by atoms with Crippen molar-refractivity contribution in [3.8, 4) is 0 Å². The van der Waals surface area contributed by atoms with Crippen LogP contribution in [0.25, 0.3) is 0 Å². The van der Waals surface area contributed by atoms with Crippen LogP contribution in [0.2, 0.25) is 0 Å². The Kier molecular flexibility index (Phi) is 16.3. The van der Waals surface area contributed by atoms with Crippen molar-refractivity contribution < 1.29 is 1.43 Å². The van der Waals surface area contributed by atoms with Crippen LogP contribution in [0.5, 0.6) is 0 Å². The summed E-state index contributed by atoms with van der Waals surface area (Å²) in [4.78, 5) is 0. The fourth-order valence-electron chi connectivity index (χ4n) is 0. The summed E-state index contributed by atoms with van der Waals surface area (Å²) in [5.74, 6) is 0. The molecule has 0 saturated heterocycles. The molecule has 0 atom stereocenters. The van der Waals surface area contributed by atoms with Gasteiger partial charge in [-0.1, -0.05) is 13.3 Å². The summed E-state index contributed by atoms with van der Waals surface area (Å²) in [5.41, 5.74) is 0. The van der Waals surface area contributed by atoms with Gasteiger partial charge in [-0.15, -0.1) is 0 Å². The molecule has 0 saturated carbocycles. The van der Waals surface area contributed by atoms with E-state index in [1.807, 2.05) is 0 Å². The maximum atomic E-state index is 3.60. The van der Waals surface area contributed by atoms with Crippen LogP contribution in [0.4, 0.5) is 0 Å². The molecule has 5 heavy (non-hydrogen) atoms. The summed E-state index contributed by atoms with van der Waals surface area (Å²) in [6.07, 6.45) is 2.28. The van der Waals surface area contributed by atoms with Crippen molar-refractivity contribution in [1.82, 2.24) is 0 Å². The third-order valence-electron chi connectivity index (χ3n) is 0.354. The second kappa shape index (κ2) is 8.84. The molecular weight excluding hydrogens is 72.3 g/mol. The third kappa shape index (κ3) is 11.7. The molecule has 0 radical (unpaired) electrons. The zero-order chi connectivity index (χ0) is 3.41. The molecule has 0 spiro atoms. The quantitative estimate of drug-likeness (QED) is 0.331. The molecule has 0 unspecified atom stereocenters. The van der Waals surface area contributed by atoms with Gasteiger partial charge in [0, 0.05) is 0 Å². The van der Waals surface area contributed by atoms with Crippen LogP contribution >= 0.6 is 0 Å². The molecule has 0 aromatic carbocycles. The Morgan fingerprint density at radius 1 is 1.80 bits per heavy atom. The fourth-order valence-corrected chi connectivity index (χ4v) is 0. The van der Waals surface area contributed by atoms with E-state index in [1.54, 1.807) is 0 Å². The minimum Gasteiger partial charge on any atom is -1.00 e. The standard InChI is InChI=1S/C4H9.Mg.H/c1-3-4-2;;/h1,3-4H2,2H3;;/q-1;+2;-1. The summed E-state index contributed by atoms with van der Waals surface area (Å²) in [6.45, 7) is 5.72. The topological polar surface area (TPSA) is 0 Å². The second-order valence-corrected chi connectivity index (χ2v) is 0.854. The van der Waals surface area contributed by atoms with Gasteiger partial charge in [0.05, 0.1) is 0 Å². The van der Waals surface area contributed by atoms with Crippen LogP contribution in [-0.4, -0.2) is 23.1 Å². The van der Waals surface area contributed by atoms with E-state index in [-0.39, 0.29) is 24.5 Å². The van der Waals surface area contributed by atoms with Gasteiger partial charge in [0.25, 0.3) is 0 Å². The molecule has 0 heterocycles. The van der Waals surface area contributed by atoms with Crippen molar-refractivity contribution in [2.75, 3.05) is 0 Å². The smallest absolute Gasteiger partial charge is 1.00 e. The Hall–Kier alpha value is 0.766. The molecule has 0 aromatic heterocycles. The van der Waals surface area contributed by atoms with Gasteiger partial charge in [-0.3, -0.25) is 0 Å². The largest absolute Gasteiger partial charge is 2.00 e. The summed E-state index contributed by atoms with van der Waals surface area (Å²) < 4.78 is 0. The summed E-state index contributed by atoms with van der Waals surface area (Å²) in [5, 5.41) is 0. The Bertz CT molecular complexity index is 9.51.